The second kappa shape index (κ2) is 11.5. The summed E-state index contributed by atoms with van der Waals surface area (Å²) in [7, 11) is 0. The molecular weight excluding hydrogens is 480 g/mol. The summed E-state index contributed by atoms with van der Waals surface area (Å²) in [5.41, 5.74) is 7.51. The number of thiophene rings is 1. The van der Waals surface area contributed by atoms with Gasteiger partial charge in [-0.25, -0.2) is 0 Å². The molecule has 3 rings (SSSR count). The van der Waals surface area contributed by atoms with E-state index >= 15 is 0 Å². The van der Waals surface area contributed by atoms with Crippen LogP contribution in [0.3, 0.4) is 0 Å². The highest BCUT2D eigenvalue weighted by Gasteiger charge is 2.14. The first-order chi connectivity index (χ1) is 16.6. The molecule has 9 heteroatoms. The lowest BCUT2D eigenvalue weighted by atomic mass is 9.87. The van der Waals surface area contributed by atoms with Gasteiger partial charge in [0.15, 0.2) is 5.11 Å². The van der Waals surface area contributed by atoms with Gasteiger partial charge in [0, 0.05) is 27.8 Å². The van der Waals surface area contributed by atoms with Crippen molar-refractivity contribution in [1.82, 2.24) is 16.2 Å². The number of benzene rings is 2. The van der Waals surface area contributed by atoms with Crippen LogP contribution in [0.25, 0.3) is 6.08 Å². The fourth-order valence-electron chi connectivity index (χ4n) is 2.94. The van der Waals surface area contributed by atoms with Gasteiger partial charge in [-0.15, -0.1) is 11.3 Å². The minimum Gasteiger partial charge on any atom is -0.322 e. The number of carbonyl (C=O) groups is 3. The van der Waals surface area contributed by atoms with Gasteiger partial charge in [0.1, 0.15) is 0 Å². The summed E-state index contributed by atoms with van der Waals surface area (Å²) in [5, 5.41) is 7.13. The van der Waals surface area contributed by atoms with Gasteiger partial charge >= 0.3 is 0 Å². The summed E-state index contributed by atoms with van der Waals surface area (Å²) >= 11 is 6.52. The monoisotopic (exact) mass is 506 g/mol. The van der Waals surface area contributed by atoms with Crippen molar-refractivity contribution >= 4 is 58.2 Å². The maximum absolute atomic E-state index is 12.5. The fourth-order valence-corrected chi connectivity index (χ4v) is 3.71. The molecule has 0 spiro atoms. The first-order valence-corrected chi connectivity index (χ1v) is 12.1. The van der Waals surface area contributed by atoms with E-state index in [0.717, 1.165) is 10.4 Å². The topological polar surface area (TPSA) is 99.3 Å². The van der Waals surface area contributed by atoms with Crippen molar-refractivity contribution in [3.8, 4) is 0 Å². The molecule has 1 heterocycles. The molecular formula is C26H26N4O3S2. The second-order valence-corrected chi connectivity index (χ2v) is 9.99. The average Bonchev–Trinajstić information content (AvgIpc) is 3.35. The molecule has 0 saturated heterocycles. The van der Waals surface area contributed by atoms with Crippen LogP contribution in [0.1, 0.15) is 51.9 Å². The molecule has 7 nitrogen and oxygen atoms in total. The van der Waals surface area contributed by atoms with Crippen molar-refractivity contribution in [3.63, 3.8) is 0 Å². The van der Waals surface area contributed by atoms with E-state index in [9.17, 15) is 14.4 Å². The van der Waals surface area contributed by atoms with Gasteiger partial charge in [-0.2, -0.15) is 0 Å². The number of carbonyl (C=O) groups excluding carboxylic acids is 3. The SMILES string of the molecule is CC(C)(C)c1ccc(C(=O)Nc2ccc(C(=O)NNC(=S)NC(=O)/C=C/c3cccs3)cc2)cc1. The van der Waals surface area contributed by atoms with Gasteiger partial charge in [0.25, 0.3) is 11.8 Å². The Balaban J connectivity index is 1.47. The zero-order chi connectivity index (χ0) is 25.4. The highest BCUT2D eigenvalue weighted by molar-refractivity contribution is 7.80. The predicted octanol–water partition coefficient (Wildman–Crippen LogP) is 4.65. The van der Waals surface area contributed by atoms with Crippen molar-refractivity contribution in [2.75, 3.05) is 5.32 Å². The normalized spacial score (nSPS) is 11.1. The minimum atomic E-state index is -0.452. The van der Waals surface area contributed by atoms with E-state index in [1.165, 1.54) is 17.4 Å². The van der Waals surface area contributed by atoms with E-state index in [4.69, 9.17) is 12.2 Å². The van der Waals surface area contributed by atoms with E-state index in [1.807, 2.05) is 29.6 Å². The number of rotatable bonds is 5. The van der Waals surface area contributed by atoms with Crippen LogP contribution in [0.15, 0.2) is 72.1 Å². The maximum atomic E-state index is 12.5. The van der Waals surface area contributed by atoms with Crippen molar-refractivity contribution in [2.45, 2.75) is 26.2 Å². The molecule has 0 radical (unpaired) electrons. The molecule has 180 valence electrons. The Morgan fingerprint density at radius 3 is 2.09 bits per heavy atom. The molecule has 0 aliphatic heterocycles. The molecule has 0 aliphatic carbocycles. The first kappa shape index (κ1) is 25.8. The Labute approximate surface area is 213 Å². The highest BCUT2D eigenvalue weighted by atomic mass is 32.1. The van der Waals surface area contributed by atoms with Crippen LogP contribution in [0.5, 0.6) is 0 Å². The van der Waals surface area contributed by atoms with E-state index < -0.39 is 11.8 Å². The van der Waals surface area contributed by atoms with Crippen molar-refractivity contribution in [2.24, 2.45) is 0 Å². The number of hydrogen-bond acceptors (Lipinski definition) is 5. The number of anilines is 1. The van der Waals surface area contributed by atoms with Crippen LogP contribution < -0.4 is 21.5 Å². The fraction of sp³-hybridized carbons (Fsp3) is 0.154. The Morgan fingerprint density at radius 1 is 0.857 bits per heavy atom. The maximum Gasteiger partial charge on any atom is 0.269 e. The van der Waals surface area contributed by atoms with E-state index in [1.54, 1.807) is 42.5 Å². The summed E-state index contributed by atoms with van der Waals surface area (Å²) in [5.74, 6) is -1.11. The third-order valence-electron chi connectivity index (χ3n) is 4.89. The van der Waals surface area contributed by atoms with Crippen LogP contribution in [-0.2, 0) is 10.2 Å². The quantitative estimate of drug-likeness (QED) is 0.229. The summed E-state index contributed by atoms with van der Waals surface area (Å²) in [4.78, 5) is 37.7. The number of amides is 3. The third kappa shape index (κ3) is 7.87. The lowest BCUT2D eigenvalue weighted by Gasteiger charge is -2.19. The van der Waals surface area contributed by atoms with Gasteiger partial charge in [0.05, 0.1) is 0 Å². The van der Waals surface area contributed by atoms with Crippen LogP contribution in [0.4, 0.5) is 5.69 Å². The second-order valence-electron chi connectivity index (χ2n) is 8.61. The lowest BCUT2D eigenvalue weighted by Crippen LogP contribution is -2.48. The third-order valence-corrected chi connectivity index (χ3v) is 5.93. The molecule has 3 amide bonds. The molecule has 0 atom stereocenters. The molecule has 0 aliphatic rings. The zero-order valence-electron chi connectivity index (χ0n) is 19.5. The smallest absolute Gasteiger partial charge is 0.269 e. The van der Waals surface area contributed by atoms with Crippen LogP contribution in [0, 0.1) is 0 Å². The van der Waals surface area contributed by atoms with E-state index in [2.05, 4.69) is 42.3 Å². The molecule has 0 unspecified atom stereocenters. The van der Waals surface area contributed by atoms with Crippen LogP contribution >= 0.6 is 23.6 Å². The van der Waals surface area contributed by atoms with Gasteiger partial charge in [0.2, 0.25) is 5.91 Å². The standard InChI is InChI=1S/C26H26N4O3S2/c1-26(2,3)19-10-6-17(7-11-19)23(32)27-20-12-8-18(9-13-20)24(33)29-30-25(34)28-22(31)15-14-21-5-4-16-35-21/h4-16H,1-3H3,(H,27,32)(H,29,33)(H2,28,30,31,34)/b15-14+. The van der Waals surface area contributed by atoms with Crippen LogP contribution in [0.2, 0.25) is 0 Å². The molecule has 4 N–H and O–H groups in total. The lowest BCUT2D eigenvalue weighted by molar-refractivity contribution is -0.115. The number of thiocarbonyl (C=S) groups is 1. The summed E-state index contributed by atoms with van der Waals surface area (Å²) in [6, 6.07) is 17.7. The van der Waals surface area contributed by atoms with E-state index in [-0.39, 0.29) is 16.4 Å². The molecule has 0 fully saturated rings. The molecule has 3 aromatic rings. The number of hydrogen-bond donors (Lipinski definition) is 4. The minimum absolute atomic E-state index is 0.0107. The summed E-state index contributed by atoms with van der Waals surface area (Å²) < 4.78 is 0. The molecule has 35 heavy (non-hydrogen) atoms. The Morgan fingerprint density at radius 2 is 1.49 bits per heavy atom. The van der Waals surface area contributed by atoms with E-state index in [0.29, 0.717) is 16.8 Å². The van der Waals surface area contributed by atoms with Crippen molar-refractivity contribution in [3.05, 3.63) is 93.7 Å². The molecule has 1 aromatic heterocycles. The Bertz CT molecular complexity index is 1230. The van der Waals surface area contributed by atoms with Gasteiger partial charge in [-0.1, -0.05) is 39.0 Å². The largest absolute Gasteiger partial charge is 0.322 e. The Kier molecular flexibility index (Phi) is 8.51. The predicted molar refractivity (Wildman–Crippen MR) is 144 cm³/mol. The van der Waals surface area contributed by atoms with Crippen molar-refractivity contribution in [1.29, 1.82) is 0 Å². The zero-order valence-corrected chi connectivity index (χ0v) is 21.2. The molecule has 2 aromatic carbocycles. The van der Waals surface area contributed by atoms with Gasteiger partial charge < -0.3 is 5.32 Å². The highest BCUT2D eigenvalue weighted by Crippen LogP contribution is 2.22. The number of hydrazine groups is 1. The Hall–Kier alpha value is -3.82. The summed E-state index contributed by atoms with van der Waals surface area (Å²) in [6.45, 7) is 6.34. The average molecular weight is 507 g/mol. The van der Waals surface area contributed by atoms with Crippen molar-refractivity contribution < 1.29 is 14.4 Å². The summed E-state index contributed by atoms with van der Waals surface area (Å²) in [6.07, 6.45) is 3.02. The van der Waals surface area contributed by atoms with Gasteiger partial charge in [-0.05, 0) is 77.1 Å². The number of nitrogens with one attached hydrogen (secondary N) is 4. The van der Waals surface area contributed by atoms with Crippen LogP contribution in [-0.4, -0.2) is 22.8 Å². The first-order valence-electron chi connectivity index (χ1n) is 10.8. The molecule has 0 saturated carbocycles. The molecule has 0 bridgehead atoms. The van der Waals surface area contributed by atoms with Gasteiger partial charge in [-0.3, -0.25) is 30.6 Å².